The fourth-order valence-electron chi connectivity index (χ4n) is 3.06. The Morgan fingerprint density at radius 2 is 1.18 bits per heavy atom. The van der Waals surface area contributed by atoms with E-state index in [0.29, 0.717) is 6.42 Å². The van der Waals surface area contributed by atoms with Crippen molar-refractivity contribution in [3.05, 3.63) is 0 Å². The normalized spacial score (nSPS) is 16.0. The summed E-state index contributed by atoms with van der Waals surface area (Å²) in [6.45, 7) is 10.3. The van der Waals surface area contributed by atoms with Crippen LogP contribution in [0, 0.1) is 17.8 Å². The van der Waals surface area contributed by atoms with Crippen molar-refractivity contribution >= 4 is 29.7 Å². The average Bonchev–Trinajstić information content (AvgIpc) is 2.66. The molecule has 12 nitrogen and oxygen atoms in total. The third-order valence-corrected chi connectivity index (χ3v) is 4.90. The van der Waals surface area contributed by atoms with Crippen molar-refractivity contribution in [1.82, 2.24) is 16.0 Å². The lowest BCUT2D eigenvalue weighted by molar-refractivity contribution is -0.147. The molecule has 0 rings (SSSR count). The van der Waals surface area contributed by atoms with E-state index < -0.39 is 78.2 Å². The number of carboxylic acids is 2. The van der Waals surface area contributed by atoms with Gasteiger partial charge in [0.1, 0.15) is 24.2 Å². The van der Waals surface area contributed by atoms with Crippen LogP contribution in [0.4, 0.5) is 0 Å². The van der Waals surface area contributed by atoms with Gasteiger partial charge in [0.05, 0.1) is 6.42 Å². The summed E-state index contributed by atoms with van der Waals surface area (Å²) in [4.78, 5) is 60.0. The number of nitrogens with two attached hydrogens (primary N) is 1. The molecule has 0 saturated carbocycles. The van der Waals surface area contributed by atoms with Gasteiger partial charge in [0.15, 0.2) is 0 Å². The van der Waals surface area contributed by atoms with Crippen molar-refractivity contribution in [2.45, 2.75) is 84.7 Å². The van der Waals surface area contributed by atoms with Crippen LogP contribution in [0.2, 0.25) is 0 Å². The SMILES string of the molecule is CC(C)C[C@H](N)[C@H](O)C(=O)N[C@@H](C(=O)N[C@@H](C(=O)N[C@H](CC(=O)O)C(=O)O)C(C)C)C(C)C. The molecule has 0 aromatic rings. The average molecular weight is 475 g/mol. The van der Waals surface area contributed by atoms with E-state index in [2.05, 4.69) is 16.0 Å². The Morgan fingerprint density at radius 3 is 1.55 bits per heavy atom. The highest BCUT2D eigenvalue weighted by Gasteiger charge is 2.34. The number of hydrogen-bond donors (Lipinski definition) is 7. The highest BCUT2D eigenvalue weighted by molar-refractivity contribution is 5.94. The van der Waals surface area contributed by atoms with Crippen LogP contribution in [-0.2, 0) is 24.0 Å². The van der Waals surface area contributed by atoms with Gasteiger partial charge in [0, 0.05) is 6.04 Å². The van der Waals surface area contributed by atoms with Crippen molar-refractivity contribution in [2.75, 3.05) is 0 Å². The van der Waals surface area contributed by atoms with Crippen LogP contribution < -0.4 is 21.7 Å². The molecule has 0 saturated heterocycles. The molecule has 5 atom stereocenters. The lowest BCUT2D eigenvalue weighted by Crippen LogP contribution is -2.60. The monoisotopic (exact) mass is 474 g/mol. The van der Waals surface area contributed by atoms with Gasteiger partial charge in [-0.05, 0) is 24.2 Å². The molecule has 0 radical (unpaired) electrons. The molecule has 33 heavy (non-hydrogen) atoms. The van der Waals surface area contributed by atoms with Gasteiger partial charge in [0.25, 0.3) is 5.91 Å². The van der Waals surface area contributed by atoms with Crippen molar-refractivity contribution in [3.8, 4) is 0 Å². The molecule has 0 fully saturated rings. The van der Waals surface area contributed by atoms with Crippen LogP contribution in [0.1, 0.15) is 54.4 Å². The Balaban J connectivity index is 5.41. The summed E-state index contributed by atoms with van der Waals surface area (Å²) in [6.07, 6.45) is -1.97. The fourth-order valence-corrected chi connectivity index (χ4v) is 3.06. The number of amides is 3. The van der Waals surface area contributed by atoms with Crippen LogP contribution >= 0.6 is 0 Å². The Labute approximate surface area is 193 Å². The number of nitrogens with one attached hydrogen (secondary N) is 3. The number of hydrogen-bond acceptors (Lipinski definition) is 7. The molecule has 0 unspecified atom stereocenters. The van der Waals surface area contributed by atoms with Gasteiger partial charge in [-0.15, -0.1) is 0 Å². The molecule has 0 aliphatic carbocycles. The van der Waals surface area contributed by atoms with Crippen LogP contribution in [-0.4, -0.2) is 75.3 Å². The Bertz CT molecular complexity index is 710. The van der Waals surface area contributed by atoms with Crippen molar-refractivity contribution in [3.63, 3.8) is 0 Å². The largest absolute Gasteiger partial charge is 0.481 e. The van der Waals surface area contributed by atoms with Crippen molar-refractivity contribution < 1.29 is 39.3 Å². The van der Waals surface area contributed by atoms with Crippen LogP contribution in [0.3, 0.4) is 0 Å². The smallest absolute Gasteiger partial charge is 0.326 e. The summed E-state index contributed by atoms with van der Waals surface area (Å²) in [5.41, 5.74) is 5.86. The molecular formula is C21H38N4O8. The Morgan fingerprint density at radius 1 is 0.758 bits per heavy atom. The zero-order valence-corrected chi connectivity index (χ0v) is 20.0. The molecular weight excluding hydrogens is 436 g/mol. The van der Waals surface area contributed by atoms with E-state index in [1.54, 1.807) is 27.7 Å². The van der Waals surface area contributed by atoms with Crippen LogP contribution in [0.25, 0.3) is 0 Å². The lowest BCUT2D eigenvalue weighted by Gasteiger charge is -2.29. The van der Waals surface area contributed by atoms with Crippen LogP contribution in [0.5, 0.6) is 0 Å². The van der Waals surface area contributed by atoms with E-state index in [1.165, 1.54) is 0 Å². The second kappa shape index (κ2) is 13.7. The first-order valence-corrected chi connectivity index (χ1v) is 10.9. The zero-order chi connectivity index (χ0) is 26.0. The lowest BCUT2D eigenvalue weighted by atomic mass is 9.97. The van der Waals surface area contributed by atoms with Gasteiger partial charge in [-0.1, -0.05) is 41.5 Å². The van der Waals surface area contributed by atoms with Gasteiger partial charge in [-0.2, -0.15) is 0 Å². The Hall–Kier alpha value is -2.73. The maximum absolute atomic E-state index is 12.9. The third-order valence-electron chi connectivity index (χ3n) is 4.90. The maximum atomic E-state index is 12.9. The van der Waals surface area contributed by atoms with Gasteiger partial charge in [0.2, 0.25) is 11.8 Å². The highest BCUT2D eigenvalue weighted by Crippen LogP contribution is 2.10. The summed E-state index contributed by atoms with van der Waals surface area (Å²) < 4.78 is 0. The first-order valence-electron chi connectivity index (χ1n) is 10.9. The molecule has 0 heterocycles. The number of rotatable bonds is 14. The first kappa shape index (κ1) is 30.3. The second-order valence-electron chi connectivity index (χ2n) is 9.20. The minimum Gasteiger partial charge on any atom is -0.481 e. The number of carbonyl (C=O) groups excluding carboxylic acids is 3. The number of carboxylic acid groups (broad SMARTS) is 2. The summed E-state index contributed by atoms with van der Waals surface area (Å²) in [6, 6.07) is -4.80. The summed E-state index contributed by atoms with van der Waals surface area (Å²) in [5.74, 6) is -6.12. The van der Waals surface area contributed by atoms with Crippen molar-refractivity contribution in [2.24, 2.45) is 23.5 Å². The highest BCUT2D eigenvalue weighted by atomic mass is 16.4. The second-order valence-corrected chi connectivity index (χ2v) is 9.20. The molecule has 190 valence electrons. The molecule has 0 aromatic carbocycles. The molecule has 0 aliphatic heterocycles. The van der Waals surface area contributed by atoms with Gasteiger partial charge < -0.3 is 37.0 Å². The molecule has 0 bridgehead atoms. The van der Waals surface area contributed by atoms with Crippen LogP contribution in [0.15, 0.2) is 0 Å². The standard InChI is InChI=1S/C21H38N4O8/c1-9(2)7-12(22)17(28)20(31)25-16(11(5)6)19(30)24-15(10(3)4)18(29)23-13(21(32)33)8-14(26)27/h9-13,15-17,28H,7-8,22H2,1-6H3,(H,23,29)(H,24,30)(H,25,31)(H,26,27)(H,32,33)/t12-,13+,15+,16+,17-/m0/s1. The molecule has 8 N–H and O–H groups in total. The van der Waals surface area contributed by atoms with Gasteiger partial charge in [-0.25, -0.2) is 4.79 Å². The summed E-state index contributed by atoms with van der Waals surface area (Å²) in [5, 5.41) is 35.2. The third kappa shape index (κ3) is 10.6. The molecule has 0 spiro atoms. The van der Waals surface area contributed by atoms with E-state index in [0.717, 1.165) is 0 Å². The number of carbonyl (C=O) groups is 5. The van der Waals surface area contributed by atoms with Crippen molar-refractivity contribution in [1.29, 1.82) is 0 Å². The van der Waals surface area contributed by atoms with Gasteiger partial charge >= 0.3 is 11.9 Å². The number of aliphatic hydroxyl groups is 1. The quantitative estimate of drug-likeness (QED) is 0.165. The molecule has 3 amide bonds. The predicted octanol–water partition coefficient (Wildman–Crippen LogP) is -0.954. The van der Waals surface area contributed by atoms with E-state index in [-0.39, 0.29) is 5.92 Å². The minimum atomic E-state index is -1.67. The van der Waals surface area contributed by atoms with E-state index in [9.17, 15) is 29.1 Å². The number of aliphatic carboxylic acids is 2. The minimum absolute atomic E-state index is 0.146. The molecule has 0 aliphatic rings. The first-order chi connectivity index (χ1) is 15.1. The number of aliphatic hydroxyl groups excluding tert-OH is 1. The molecule has 12 heteroatoms. The predicted molar refractivity (Wildman–Crippen MR) is 119 cm³/mol. The van der Waals surface area contributed by atoms with E-state index >= 15 is 0 Å². The topological polar surface area (TPSA) is 208 Å². The van der Waals surface area contributed by atoms with E-state index in [1.807, 2.05) is 13.8 Å². The Kier molecular flexibility index (Phi) is 12.6. The van der Waals surface area contributed by atoms with Gasteiger partial charge in [-0.3, -0.25) is 19.2 Å². The maximum Gasteiger partial charge on any atom is 0.326 e. The summed E-state index contributed by atoms with van der Waals surface area (Å²) >= 11 is 0. The molecule has 0 aromatic heterocycles. The summed E-state index contributed by atoms with van der Waals surface area (Å²) in [7, 11) is 0. The van der Waals surface area contributed by atoms with E-state index in [4.69, 9.17) is 15.9 Å². The zero-order valence-electron chi connectivity index (χ0n) is 20.0. The fraction of sp³-hybridized carbons (Fsp3) is 0.762.